The lowest BCUT2D eigenvalue weighted by Gasteiger charge is -2.12. The Labute approximate surface area is 116 Å². The van der Waals surface area contributed by atoms with Crippen molar-refractivity contribution in [3.63, 3.8) is 0 Å². The van der Waals surface area contributed by atoms with Gasteiger partial charge in [-0.1, -0.05) is 6.07 Å². The largest absolute Gasteiger partial charge is 0.417 e. The Bertz CT molecular complexity index is 597. The molecule has 0 saturated heterocycles. The van der Waals surface area contributed by atoms with Gasteiger partial charge in [0.05, 0.1) is 5.56 Å². The minimum absolute atomic E-state index is 0.118. The Morgan fingerprint density at radius 1 is 1.25 bits per heavy atom. The highest BCUT2D eigenvalue weighted by Crippen LogP contribution is 2.38. The number of hydrogen-bond donors (Lipinski definition) is 1. The molecule has 0 radical (unpaired) electrons. The van der Waals surface area contributed by atoms with E-state index in [1.54, 1.807) is 6.07 Å². The Balaban J connectivity index is 2.70. The Hall–Kier alpha value is -1.49. The van der Waals surface area contributed by atoms with Gasteiger partial charge in [-0.2, -0.15) is 13.2 Å². The molecular weight excluding hydrogens is 265 g/mol. The summed E-state index contributed by atoms with van der Waals surface area (Å²) in [6, 6.07) is 4.49. The van der Waals surface area contributed by atoms with Crippen LogP contribution in [0.25, 0.3) is 10.9 Å². The molecule has 0 atom stereocenters. The van der Waals surface area contributed by atoms with Crippen LogP contribution in [0, 0.1) is 0 Å². The fourth-order valence-electron chi connectivity index (χ4n) is 2.54. The molecule has 0 aliphatic rings. The molecule has 2 N–H and O–H groups in total. The fourth-order valence-corrected chi connectivity index (χ4v) is 2.54. The number of fused-ring (bicyclic) bond motifs is 1. The van der Waals surface area contributed by atoms with E-state index in [1.807, 2.05) is 24.6 Å². The molecule has 0 spiro atoms. The van der Waals surface area contributed by atoms with Crippen LogP contribution in [0.5, 0.6) is 0 Å². The van der Waals surface area contributed by atoms with E-state index < -0.39 is 11.7 Å². The summed E-state index contributed by atoms with van der Waals surface area (Å²) >= 11 is 0. The van der Waals surface area contributed by atoms with Crippen molar-refractivity contribution < 1.29 is 13.2 Å². The van der Waals surface area contributed by atoms with Crippen LogP contribution in [0.3, 0.4) is 0 Å². The summed E-state index contributed by atoms with van der Waals surface area (Å²) in [6.07, 6.45) is -1.25. The molecule has 0 fully saturated rings. The first-order valence-electron chi connectivity index (χ1n) is 6.76. The topological polar surface area (TPSA) is 30.9 Å². The number of nitrogens with zero attached hydrogens (tertiary/aromatic N) is 1. The van der Waals surface area contributed by atoms with Crippen LogP contribution in [-0.4, -0.2) is 11.1 Å². The highest BCUT2D eigenvalue weighted by molar-refractivity contribution is 5.88. The van der Waals surface area contributed by atoms with Crippen LogP contribution in [0.15, 0.2) is 24.4 Å². The van der Waals surface area contributed by atoms with Crippen molar-refractivity contribution in [2.75, 3.05) is 6.54 Å². The van der Waals surface area contributed by atoms with E-state index in [-0.39, 0.29) is 6.04 Å². The third-order valence-electron chi connectivity index (χ3n) is 3.45. The summed E-state index contributed by atoms with van der Waals surface area (Å²) in [4.78, 5) is 0. The zero-order valence-corrected chi connectivity index (χ0v) is 11.7. The Kier molecular flexibility index (Phi) is 4.09. The van der Waals surface area contributed by atoms with Gasteiger partial charge >= 0.3 is 6.18 Å². The van der Waals surface area contributed by atoms with Crippen molar-refractivity contribution in [2.24, 2.45) is 5.73 Å². The van der Waals surface area contributed by atoms with Crippen molar-refractivity contribution in [2.45, 2.75) is 38.9 Å². The number of benzene rings is 1. The maximum atomic E-state index is 13.2. The van der Waals surface area contributed by atoms with Crippen molar-refractivity contribution >= 4 is 10.9 Å². The van der Waals surface area contributed by atoms with Crippen molar-refractivity contribution in [3.05, 3.63) is 35.5 Å². The van der Waals surface area contributed by atoms with E-state index in [0.29, 0.717) is 30.3 Å². The van der Waals surface area contributed by atoms with Gasteiger partial charge in [-0.25, -0.2) is 0 Å². The number of nitrogens with two attached hydrogens (primary N) is 1. The van der Waals surface area contributed by atoms with Gasteiger partial charge in [-0.3, -0.25) is 0 Å². The van der Waals surface area contributed by atoms with E-state index in [9.17, 15) is 13.2 Å². The van der Waals surface area contributed by atoms with Crippen LogP contribution in [-0.2, 0) is 12.6 Å². The number of hydrogen-bond acceptors (Lipinski definition) is 1. The smallest absolute Gasteiger partial charge is 0.345 e. The monoisotopic (exact) mass is 284 g/mol. The van der Waals surface area contributed by atoms with Crippen LogP contribution in [0.2, 0.25) is 0 Å². The molecule has 0 unspecified atom stereocenters. The molecular formula is C15H19F3N2. The molecule has 0 aliphatic carbocycles. The quantitative estimate of drug-likeness (QED) is 0.899. The molecule has 5 heteroatoms. The average molecular weight is 284 g/mol. The van der Waals surface area contributed by atoms with Crippen molar-refractivity contribution in [3.8, 4) is 0 Å². The summed E-state index contributed by atoms with van der Waals surface area (Å²) in [5.74, 6) is 0. The van der Waals surface area contributed by atoms with Gasteiger partial charge in [-0.15, -0.1) is 0 Å². The molecule has 1 heterocycles. The number of aromatic nitrogens is 1. The minimum Gasteiger partial charge on any atom is -0.345 e. The average Bonchev–Trinajstić information content (AvgIpc) is 2.74. The molecule has 0 bridgehead atoms. The molecule has 0 saturated carbocycles. The predicted molar refractivity (Wildman–Crippen MR) is 74.7 cm³/mol. The maximum Gasteiger partial charge on any atom is 0.417 e. The molecule has 2 nitrogen and oxygen atoms in total. The normalized spacial score (nSPS) is 12.6. The number of alkyl halides is 3. The molecule has 1 aromatic carbocycles. The lowest BCUT2D eigenvalue weighted by molar-refractivity contribution is -0.136. The summed E-state index contributed by atoms with van der Waals surface area (Å²) < 4.78 is 41.5. The summed E-state index contributed by atoms with van der Waals surface area (Å²) in [7, 11) is 0. The molecule has 2 aromatic rings. The van der Waals surface area contributed by atoms with E-state index in [1.165, 1.54) is 6.07 Å². The van der Waals surface area contributed by atoms with Crippen molar-refractivity contribution in [1.82, 2.24) is 4.57 Å². The first-order valence-corrected chi connectivity index (χ1v) is 6.76. The van der Waals surface area contributed by atoms with E-state index in [2.05, 4.69) is 0 Å². The lowest BCUT2D eigenvalue weighted by Crippen LogP contribution is -2.07. The first kappa shape index (κ1) is 14.9. The molecule has 0 amide bonds. The molecule has 2 rings (SSSR count). The van der Waals surface area contributed by atoms with E-state index in [0.717, 1.165) is 11.6 Å². The molecule has 20 heavy (non-hydrogen) atoms. The third-order valence-corrected chi connectivity index (χ3v) is 3.45. The standard InChI is InChI=1S/C15H19F3N2/c1-10(2)20-9-11(5-4-8-19)14-12(15(16,17)18)6-3-7-13(14)20/h3,6-7,9-10H,4-5,8,19H2,1-2H3. The van der Waals surface area contributed by atoms with Crippen LogP contribution >= 0.6 is 0 Å². The predicted octanol–water partition coefficient (Wildman–Crippen LogP) is 4.13. The van der Waals surface area contributed by atoms with E-state index in [4.69, 9.17) is 5.73 Å². The lowest BCUT2D eigenvalue weighted by atomic mass is 10.0. The summed E-state index contributed by atoms with van der Waals surface area (Å²) in [6.45, 7) is 4.40. The van der Waals surface area contributed by atoms with Gasteiger partial charge in [0.25, 0.3) is 0 Å². The van der Waals surface area contributed by atoms with E-state index >= 15 is 0 Å². The zero-order chi connectivity index (χ0) is 14.9. The molecule has 0 aliphatic heterocycles. The second-order valence-corrected chi connectivity index (χ2v) is 5.25. The Morgan fingerprint density at radius 2 is 1.95 bits per heavy atom. The minimum atomic E-state index is -4.33. The zero-order valence-electron chi connectivity index (χ0n) is 11.7. The second-order valence-electron chi connectivity index (χ2n) is 5.25. The van der Waals surface area contributed by atoms with Gasteiger partial charge in [0.1, 0.15) is 0 Å². The SMILES string of the molecule is CC(C)n1cc(CCCN)c2c(C(F)(F)F)cccc21. The van der Waals surface area contributed by atoms with Gasteiger partial charge in [0.2, 0.25) is 0 Å². The fraction of sp³-hybridized carbons (Fsp3) is 0.467. The summed E-state index contributed by atoms with van der Waals surface area (Å²) in [5, 5.41) is 0.321. The van der Waals surface area contributed by atoms with Crippen LogP contribution in [0.4, 0.5) is 13.2 Å². The van der Waals surface area contributed by atoms with Crippen molar-refractivity contribution in [1.29, 1.82) is 0 Å². The second kappa shape index (κ2) is 5.48. The molecule has 110 valence electrons. The van der Waals surface area contributed by atoms with Gasteiger partial charge in [0.15, 0.2) is 0 Å². The molecule has 1 aromatic heterocycles. The Morgan fingerprint density at radius 3 is 2.50 bits per heavy atom. The third kappa shape index (κ3) is 2.68. The van der Waals surface area contributed by atoms with Gasteiger partial charge in [0, 0.05) is 23.1 Å². The van der Waals surface area contributed by atoms with Gasteiger partial charge in [-0.05, 0) is 50.9 Å². The highest BCUT2D eigenvalue weighted by Gasteiger charge is 2.34. The highest BCUT2D eigenvalue weighted by atomic mass is 19.4. The number of aryl methyl sites for hydroxylation is 1. The first-order chi connectivity index (χ1) is 9.36. The van der Waals surface area contributed by atoms with Crippen LogP contribution in [0.1, 0.15) is 37.4 Å². The van der Waals surface area contributed by atoms with Gasteiger partial charge < -0.3 is 10.3 Å². The maximum absolute atomic E-state index is 13.2. The van der Waals surface area contributed by atoms with Crippen LogP contribution < -0.4 is 5.73 Å². The number of halogens is 3. The summed E-state index contributed by atoms with van der Waals surface area (Å²) in [5.41, 5.74) is 6.30. The number of rotatable bonds is 4.